The first-order chi connectivity index (χ1) is 7.72. The van der Waals surface area contributed by atoms with Gasteiger partial charge in [-0.15, -0.1) is 24.0 Å². The molecule has 0 amide bonds. The van der Waals surface area contributed by atoms with Crippen LogP contribution in [0, 0.1) is 6.92 Å². The van der Waals surface area contributed by atoms with Crippen LogP contribution in [-0.4, -0.2) is 22.5 Å². The quantitative estimate of drug-likeness (QED) is 0.698. The molecule has 2 aromatic rings. The van der Waals surface area contributed by atoms with Gasteiger partial charge in [-0.05, 0) is 18.1 Å². The second kappa shape index (κ2) is 4.31. The van der Waals surface area contributed by atoms with Crippen molar-refractivity contribution in [3.63, 3.8) is 0 Å². The van der Waals surface area contributed by atoms with Crippen LogP contribution in [0.5, 0.6) is 5.75 Å². The first-order valence-corrected chi connectivity index (χ1v) is 5.89. The highest BCUT2D eigenvalue weighted by molar-refractivity contribution is 6.18. The minimum absolute atomic E-state index is 0. The number of fused-ring (bicyclic) bond motifs is 3. The molecule has 5 heteroatoms. The van der Waals surface area contributed by atoms with Crippen LogP contribution in [0.2, 0.25) is 0 Å². The number of alkyl halides is 1. The van der Waals surface area contributed by atoms with Crippen molar-refractivity contribution in [3.8, 4) is 5.75 Å². The standard InChI is InChI=1S/C12H13ClN2O.ClH/c1-6-4-15-12-9(16)2-8-11(10(6)12)7(3-13)5-14-8;/h2,4,7,14-16H,3,5H2,1H3;1H/t7-;/m1./s1. The van der Waals surface area contributed by atoms with Gasteiger partial charge in [-0.25, -0.2) is 0 Å². The van der Waals surface area contributed by atoms with Gasteiger partial charge >= 0.3 is 0 Å². The van der Waals surface area contributed by atoms with Crippen molar-refractivity contribution in [1.29, 1.82) is 0 Å². The maximum absolute atomic E-state index is 9.90. The molecule has 0 spiro atoms. The molecule has 1 aliphatic heterocycles. The minimum Gasteiger partial charge on any atom is -0.506 e. The smallest absolute Gasteiger partial charge is 0.141 e. The summed E-state index contributed by atoms with van der Waals surface area (Å²) in [5.41, 5.74) is 4.22. The van der Waals surface area contributed by atoms with E-state index < -0.39 is 0 Å². The number of aryl methyl sites for hydroxylation is 1. The number of phenols is 1. The molecule has 3 nitrogen and oxygen atoms in total. The molecule has 0 saturated carbocycles. The zero-order chi connectivity index (χ0) is 11.3. The Morgan fingerprint density at radius 2 is 2.29 bits per heavy atom. The number of rotatable bonds is 1. The third kappa shape index (κ3) is 1.65. The first-order valence-electron chi connectivity index (χ1n) is 5.35. The maximum atomic E-state index is 9.90. The SMILES string of the molecule is Cc1c[nH]c2c(O)cc3c(c12)[C@H](CCl)CN3.Cl. The van der Waals surface area contributed by atoms with Gasteiger partial charge in [-0.1, -0.05) is 0 Å². The summed E-state index contributed by atoms with van der Waals surface area (Å²) in [7, 11) is 0. The summed E-state index contributed by atoms with van der Waals surface area (Å²) in [5.74, 6) is 1.23. The maximum Gasteiger partial charge on any atom is 0.141 e. The van der Waals surface area contributed by atoms with Crippen LogP contribution < -0.4 is 5.32 Å². The number of aromatic amines is 1. The van der Waals surface area contributed by atoms with Gasteiger partial charge < -0.3 is 15.4 Å². The molecule has 0 aliphatic carbocycles. The van der Waals surface area contributed by atoms with E-state index >= 15 is 0 Å². The highest BCUT2D eigenvalue weighted by Crippen LogP contribution is 2.42. The number of aromatic nitrogens is 1. The van der Waals surface area contributed by atoms with Gasteiger partial charge in [0.2, 0.25) is 0 Å². The molecule has 92 valence electrons. The third-order valence-electron chi connectivity index (χ3n) is 3.31. The van der Waals surface area contributed by atoms with Gasteiger partial charge in [0, 0.05) is 41.7 Å². The second-order valence-electron chi connectivity index (χ2n) is 4.31. The van der Waals surface area contributed by atoms with Crippen LogP contribution in [0.1, 0.15) is 17.0 Å². The lowest BCUT2D eigenvalue weighted by atomic mass is 9.97. The van der Waals surface area contributed by atoms with Gasteiger partial charge in [-0.3, -0.25) is 0 Å². The molecular weight excluding hydrogens is 259 g/mol. The average molecular weight is 273 g/mol. The molecule has 3 N–H and O–H groups in total. The van der Waals surface area contributed by atoms with E-state index in [4.69, 9.17) is 11.6 Å². The molecule has 17 heavy (non-hydrogen) atoms. The number of aromatic hydroxyl groups is 1. The summed E-state index contributed by atoms with van der Waals surface area (Å²) in [6, 6.07) is 1.78. The Hall–Kier alpha value is -1.06. The van der Waals surface area contributed by atoms with E-state index in [0.717, 1.165) is 28.7 Å². The van der Waals surface area contributed by atoms with Crippen molar-refractivity contribution >= 4 is 40.6 Å². The summed E-state index contributed by atoms with van der Waals surface area (Å²) in [5, 5.41) is 14.3. The first kappa shape index (κ1) is 12.4. The monoisotopic (exact) mass is 272 g/mol. The fourth-order valence-electron chi connectivity index (χ4n) is 2.53. The lowest BCUT2D eigenvalue weighted by Crippen LogP contribution is -2.02. The van der Waals surface area contributed by atoms with Crippen LogP contribution in [0.25, 0.3) is 10.9 Å². The zero-order valence-corrected chi connectivity index (χ0v) is 11.0. The van der Waals surface area contributed by atoms with Crippen LogP contribution in [0.15, 0.2) is 12.3 Å². The molecule has 2 heterocycles. The number of halogens is 2. The van der Waals surface area contributed by atoms with Crippen molar-refractivity contribution in [2.75, 3.05) is 17.7 Å². The van der Waals surface area contributed by atoms with Crippen LogP contribution >= 0.6 is 24.0 Å². The number of hydrogen-bond donors (Lipinski definition) is 3. The Bertz CT molecular complexity index is 565. The third-order valence-corrected chi connectivity index (χ3v) is 3.68. The van der Waals surface area contributed by atoms with Gasteiger partial charge in [0.15, 0.2) is 0 Å². The van der Waals surface area contributed by atoms with Crippen molar-refractivity contribution in [2.45, 2.75) is 12.8 Å². The fraction of sp³-hybridized carbons (Fsp3) is 0.333. The Morgan fingerprint density at radius 1 is 1.53 bits per heavy atom. The lowest BCUT2D eigenvalue weighted by molar-refractivity contribution is 0.481. The molecule has 0 saturated heterocycles. The number of H-pyrrole nitrogens is 1. The van der Waals surface area contributed by atoms with E-state index in [0.29, 0.717) is 17.5 Å². The fourth-order valence-corrected chi connectivity index (χ4v) is 2.79. The summed E-state index contributed by atoms with van der Waals surface area (Å²) in [6.07, 6.45) is 1.92. The van der Waals surface area contributed by atoms with Crippen LogP contribution in [0.3, 0.4) is 0 Å². The molecule has 3 rings (SSSR count). The Balaban J connectivity index is 0.00000108. The molecule has 1 aliphatic rings. The topological polar surface area (TPSA) is 48.0 Å². The highest BCUT2D eigenvalue weighted by Gasteiger charge is 2.26. The summed E-state index contributed by atoms with van der Waals surface area (Å²) >= 11 is 5.98. The molecule has 0 fully saturated rings. The van der Waals surface area contributed by atoms with Crippen molar-refractivity contribution in [1.82, 2.24) is 4.98 Å². The Kier molecular flexibility index (Phi) is 3.15. The van der Waals surface area contributed by atoms with Gasteiger partial charge in [0.25, 0.3) is 0 Å². The van der Waals surface area contributed by atoms with E-state index in [1.165, 1.54) is 5.56 Å². The number of benzene rings is 1. The highest BCUT2D eigenvalue weighted by atomic mass is 35.5. The summed E-state index contributed by atoms with van der Waals surface area (Å²) in [6.45, 7) is 2.89. The Labute approximate surface area is 111 Å². The zero-order valence-electron chi connectivity index (χ0n) is 9.38. The number of nitrogens with one attached hydrogen (secondary N) is 2. The summed E-state index contributed by atoms with van der Waals surface area (Å²) in [4.78, 5) is 3.11. The van der Waals surface area contributed by atoms with Gasteiger partial charge in [-0.2, -0.15) is 0 Å². The van der Waals surface area contributed by atoms with Crippen molar-refractivity contribution < 1.29 is 5.11 Å². The number of phenolic OH excluding ortho intramolecular Hbond substituents is 1. The number of hydrogen-bond acceptors (Lipinski definition) is 2. The lowest BCUT2D eigenvalue weighted by Gasteiger charge is -2.09. The average Bonchev–Trinajstić information content (AvgIpc) is 2.82. The van der Waals surface area contributed by atoms with E-state index in [-0.39, 0.29) is 12.4 Å². The summed E-state index contributed by atoms with van der Waals surface area (Å²) < 4.78 is 0. The van der Waals surface area contributed by atoms with E-state index in [9.17, 15) is 5.11 Å². The molecule has 0 radical (unpaired) electrons. The molecular formula is C12H14Cl2N2O. The normalized spacial score (nSPS) is 17.6. The van der Waals surface area contributed by atoms with E-state index in [1.807, 2.05) is 13.1 Å². The van der Waals surface area contributed by atoms with Gasteiger partial charge in [0.1, 0.15) is 5.75 Å². The minimum atomic E-state index is 0. The van der Waals surface area contributed by atoms with E-state index in [2.05, 4.69) is 10.3 Å². The van der Waals surface area contributed by atoms with Crippen molar-refractivity contribution in [3.05, 3.63) is 23.4 Å². The van der Waals surface area contributed by atoms with Gasteiger partial charge in [0.05, 0.1) is 5.52 Å². The van der Waals surface area contributed by atoms with Crippen LogP contribution in [-0.2, 0) is 0 Å². The van der Waals surface area contributed by atoms with E-state index in [1.54, 1.807) is 6.07 Å². The largest absolute Gasteiger partial charge is 0.506 e. The molecule has 1 atom stereocenters. The predicted molar refractivity (Wildman–Crippen MR) is 73.9 cm³/mol. The molecule has 1 aromatic carbocycles. The van der Waals surface area contributed by atoms with Crippen molar-refractivity contribution in [2.24, 2.45) is 0 Å². The Morgan fingerprint density at radius 3 is 3.00 bits per heavy atom. The van der Waals surface area contributed by atoms with Crippen LogP contribution in [0.4, 0.5) is 5.69 Å². The predicted octanol–water partition coefficient (Wildman–Crippen LogP) is 3.35. The second-order valence-corrected chi connectivity index (χ2v) is 4.62. The number of anilines is 1. The molecule has 1 aromatic heterocycles. The molecule has 0 bridgehead atoms. The molecule has 0 unspecified atom stereocenters.